The molecule has 1 heterocycles. The van der Waals surface area contributed by atoms with E-state index in [0.717, 1.165) is 16.7 Å². The second kappa shape index (κ2) is 9.45. The number of para-hydroxylation sites is 1. The Bertz CT molecular complexity index is 778. The summed E-state index contributed by atoms with van der Waals surface area (Å²) in [6.45, 7) is 3.00. The Hall–Kier alpha value is -2.49. The molecule has 0 saturated carbocycles. The van der Waals surface area contributed by atoms with E-state index in [-0.39, 0.29) is 17.3 Å². The first-order chi connectivity index (χ1) is 12.8. The van der Waals surface area contributed by atoms with Crippen LogP contribution in [0.2, 0.25) is 0 Å². The Morgan fingerprint density at radius 3 is 2.74 bits per heavy atom. The van der Waals surface area contributed by atoms with Crippen molar-refractivity contribution >= 4 is 17.3 Å². The first kappa shape index (κ1) is 20.8. The van der Waals surface area contributed by atoms with Crippen molar-refractivity contribution in [2.24, 2.45) is 4.99 Å². The minimum atomic E-state index is -4.44. The van der Waals surface area contributed by atoms with E-state index in [4.69, 9.17) is 4.74 Å². The number of aliphatic imine (C=N–C) groups is 1. The number of aromatic hydroxyl groups is 1. The lowest BCUT2D eigenvalue weighted by Gasteiger charge is -2.12. The van der Waals surface area contributed by atoms with Gasteiger partial charge in [-0.3, -0.25) is 0 Å². The van der Waals surface area contributed by atoms with Crippen LogP contribution in [0.25, 0.3) is 0 Å². The summed E-state index contributed by atoms with van der Waals surface area (Å²) in [6, 6.07) is 5.24. The molecule has 148 valence electrons. The van der Waals surface area contributed by atoms with Crippen LogP contribution in [-0.4, -0.2) is 36.2 Å². The van der Waals surface area contributed by atoms with Crippen LogP contribution in [0.1, 0.15) is 23.2 Å². The van der Waals surface area contributed by atoms with E-state index in [2.05, 4.69) is 20.6 Å². The van der Waals surface area contributed by atoms with E-state index in [0.29, 0.717) is 36.8 Å². The summed E-state index contributed by atoms with van der Waals surface area (Å²) < 4.78 is 42.8. The fourth-order valence-corrected chi connectivity index (χ4v) is 2.98. The van der Waals surface area contributed by atoms with Crippen molar-refractivity contribution in [2.45, 2.75) is 26.1 Å². The SMILES string of the molecule is CCNC(=NCc1nc(C(F)(F)F)cs1)NCCc1cccc(OC)c1O. The summed E-state index contributed by atoms with van der Waals surface area (Å²) in [5, 5.41) is 17.4. The molecule has 6 nitrogen and oxygen atoms in total. The van der Waals surface area contributed by atoms with E-state index in [1.807, 2.05) is 6.92 Å². The zero-order chi connectivity index (χ0) is 19.9. The average Bonchev–Trinajstić information content (AvgIpc) is 3.10. The van der Waals surface area contributed by atoms with Gasteiger partial charge in [-0.1, -0.05) is 12.1 Å². The number of alkyl halides is 3. The Kier molecular flexibility index (Phi) is 7.28. The van der Waals surface area contributed by atoms with Crippen LogP contribution < -0.4 is 15.4 Å². The molecule has 0 aliphatic carbocycles. The van der Waals surface area contributed by atoms with E-state index >= 15 is 0 Å². The molecule has 0 radical (unpaired) electrons. The Morgan fingerprint density at radius 1 is 1.33 bits per heavy atom. The number of methoxy groups -OCH3 is 1. The number of phenols is 1. The highest BCUT2D eigenvalue weighted by molar-refractivity contribution is 7.09. The highest BCUT2D eigenvalue weighted by Crippen LogP contribution is 2.30. The molecule has 0 unspecified atom stereocenters. The van der Waals surface area contributed by atoms with E-state index in [1.54, 1.807) is 18.2 Å². The minimum absolute atomic E-state index is 0.0422. The molecule has 0 atom stereocenters. The van der Waals surface area contributed by atoms with Crippen molar-refractivity contribution < 1.29 is 23.0 Å². The number of phenolic OH excluding ortho intramolecular Hbond substituents is 1. The molecule has 1 aromatic heterocycles. The zero-order valence-electron chi connectivity index (χ0n) is 14.9. The van der Waals surface area contributed by atoms with E-state index in [9.17, 15) is 18.3 Å². The Morgan fingerprint density at radius 2 is 2.11 bits per heavy atom. The summed E-state index contributed by atoms with van der Waals surface area (Å²) in [5.41, 5.74) is -0.184. The predicted octanol–water partition coefficient (Wildman–Crippen LogP) is 3.17. The first-order valence-corrected chi connectivity index (χ1v) is 9.11. The standard InChI is InChI=1S/C17H21F3N4O2S/c1-3-21-16(23-9-14-24-13(10-27-14)17(18,19)20)22-8-7-11-5-4-6-12(26-2)15(11)25/h4-6,10,25H,3,7-9H2,1-2H3,(H2,21,22,23). The number of thiazole rings is 1. The summed E-state index contributed by atoms with van der Waals surface area (Å²) in [7, 11) is 1.48. The highest BCUT2D eigenvalue weighted by Gasteiger charge is 2.33. The molecule has 27 heavy (non-hydrogen) atoms. The van der Waals surface area contributed by atoms with Gasteiger partial charge in [0.05, 0.1) is 13.7 Å². The minimum Gasteiger partial charge on any atom is -0.504 e. The monoisotopic (exact) mass is 402 g/mol. The molecule has 0 bridgehead atoms. The molecule has 0 aliphatic heterocycles. The van der Waals surface area contributed by atoms with Gasteiger partial charge in [0, 0.05) is 18.5 Å². The fourth-order valence-electron chi connectivity index (χ4n) is 2.25. The molecule has 0 spiro atoms. The molecule has 3 N–H and O–H groups in total. The van der Waals surface area contributed by atoms with Gasteiger partial charge in [0.15, 0.2) is 23.2 Å². The van der Waals surface area contributed by atoms with Crippen molar-refractivity contribution in [1.82, 2.24) is 15.6 Å². The third-order valence-corrected chi connectivity index (χ3v) is 4.38. The van der Waals surface area contributed by atoms with Crippen molar-refractivity contribution in [3.8, 4) is 11.5 Å². The lowest BCUT2D eigenvalue weighted by Crippen LogP contribution is -2.38. The number of hydrogen-bond donors (Lipinski definition) is 3. The fraction of sp³-hybridized carbons (Fsp3) is 0.412. The predicted molar refractivity (Wildman–Crippen MR) is 98.3 cm³/mol. The maximum absolute atomic E-state index is 12.6. The number of rotatable bonds is 7. The van der Waals surface area contributed by atoms with Gasteiger partial charge >= 0.3 is 6.18 Å². The molecule has 0 fully saturated rings. The number of aromatic nitrogens is 1. The van der Waals surface area contributed by atoms with Crippen LogP contribution in [0.4, 0.5) is 13.2 Å². The van der Waals surface area contributed by atoms with Crippen molar-refractivity contribution in [3.63, 3.8) is 0 Å². The second-order valence-electron chi connectivity index (χ2n) is 5.46. The van der Waals surface area contributed by atoms with Crippen LogP contribution in [0.15, 0.2) is 28.6 Å². The summed E-state index contributed by atoms with van der Waals surface area (Å²) >= 11 is 0.923. The summed E-state index contributed by atoms with van der Waals surface area (Å²) in [5.74, 6) is 0.951. The third kappa shape index (κ3) is 6.02. The van der Waals surface area contributed by atoms with Gasteiger partial charge < -0.3 is 20.5 Å². The van der Waals surface area contributed by atoms with E-state index in [1.165, 1.54) is 7.11 Å². The first-order valence-electron chi connectivity index (χ1n) is 8.23. The topological polar surface area (TPSA) is 78.8 Å². The number of ether oxygens (including phenoxy) is 1. The highest BCUT2D eigenvalue weighted by atomic mass is 32.1. The Balaban J connectivity index is 1.95. The van der Waals surface area contributed by atoms with Crippen molar-refractivity contribution in [2.75, 3.05) is 20.2 Å². The van der Waals surface area contributed by atoms with Gasteiger partial charge in [-0.25, -0.2) is 9.98 Å². The third-order valence-electron chi connectivity index (χ3n) is 3.55. The number of benzene rings is 1. The molecule has 2 rings (SSSR count). The quantitative estimate of drug-likeness (QED) is 0.490. The largest absolute Gasteiger partial charge is 0.504 e. The summed E-state index contributed by atoms with van der Waals surface area (Å²) in [6.07, 6.45) is -3.93. The van der Waals surface area contributed by atoms with Crippen LogP contribution >= 0.6 is 11.3 Å². The lowest BCUT2D eigenvalue weighted by atomic mass is 10.1. The second-order valence-corrected chi connectivity index (χ2v) is 6.41. The van der Waals surface area contributed by atoms with Crippen LogP contribution in [0, 0.1) is 0 Å². The maximum Gasteiger partial charge on any atom is 0.434 e. The van der Waals surface area contributed by atoms with Gasteiger partial charge in [-0.05, 0) is 25.0 Å². The van der Waals surface area contributed by atoms with Gasteiger partial charge in [-0.15, -0.1) is 11.3 Å². The molecule has 0 amide bonds. The maximum atomic E-state index is 12.6. The number of nitrogens with zero attached hydrogens (tertiary/aromatic N) is 2. The smallest absolute Gasteiger partial charge is 0.434 e. The molecule has 0 saturated heterocycles. The molecule has 10 heteroatoms. The van der Waals surface area contributed by atoms with Gasteiger partial charge in [-0.2, -0.15) is 13.2 Å². The zero-order valence-corrected chi connectivity index (χ0v) is 15.7. The number of hydrogen-bond acceptors (Lipinski definition) is 5. The average molecular weight is 402 g/mol. The molecule has 2 aromatic rings. The lowest BCUT2D eigenvalue weighted by molar-refractivity contribution is -0.140. The van der Waals surface area contributed by atoms with Crippen molar-refractivity contribution in [3.05, 3.63) is 39.8 Å². The van der Waals surface area contributed by atoms with Crippen LogP contribution in [0.5, 0.6) is 11.5 Å². The number of halogens is 3. The Labute approximate surface area is 159 Å². The van der Waals surface area contributed by atoms with Crippen molar-refractivity contribution in [1.29, 1.82) is 0 Å². The number of guanidine groups is 1. The van der Waals surface area contributed by atoms with Crippen LogP contribution in [-0.2, 0) is 19.1 Å². The van der Waals surface area contributed by atoms with Gasteiger partial charge in [0.25, 0.3) is 0 Å². The van der Waals surface area contributed by atoms with E-state index < -0.39 is 11.9 Å². The molecule has 1 aromatic carbocycles. The van der Waals surface area contributed by atoms with Gasteiger partial charge in [0.2, 0.25) is 0 Å². The van der Waals surface area contributed by atoms with Gasteiger partial charge in [0.1, 0.15) is 5.01 Å². The molecule has 0 aliphatic rings. The molecular weight excluding hydrogens is 381 g/mol. The molecular formula is C17H21F3N4O2S. The summed E-state index contributed by atoms with van der Waals surface area (Å²) in [4.78, 5) is 7.81. The van der Waals surface area contributed by atoms with Crippen LogP contribution in [0.3, 0.4) is 0 Å². The normalized spacial score (nSPS) is 12.1. The number of nitrogens with one attached hydrogen (secondary N) is 2.